The summed E-state index contributed by atoms with van der Waals surface area (Å²) in [5.74, 6) is 0.585. The number of hydrogen-bond acceptors (Lipinski definition) is 3. The monoisotopic (exact) mass is 319 g/mol. The van der Waals surface area contributed by atoms with Gasteiger partial charge in [-0.1, -0.05) is 22.0 Å². The summed E-state index contributed by atoms with van der Waals surface area (Å²) in [4.78, 5) is 20.2. The Hall–Kier alpha value is -1.75. The number of carbonyl (C=O) groups is 1. The molecule has 19 heavy (non-hydrogen) atoms. The first-order valence-electron chi connectivity index (χ1n) is 5.89. The van der Waals surface area contributed by atoms with Crippen molar-refractivity contribution in [2.45, 2.75) is 20.4 Å². The molecular formula is C14H14BrN3O. The first-order valence-corrected chi connectivity index (χ1v) is 6.68. The maximum absolute atomic E-state index is 12.0. The maximum Gasteiger partial charge on any atom is 0.251 e. The number of halogens is 1. The number of aryl methyl sites for hydroxylation is 2. The van der Waals surface area contributed by atoms with Crippen LogP contribution in [0.5, 0.6) is 0 Å². The molecule has 0 fully saturated rings. The van der Waals surface area contributed by atoms with E-state index in [4.69, 9.17) is 0 Å². The minimum atomic E-state index is -0.114. The highest BCUT2D eigenvalue weighted by molar-refractivity contribution is 9.10. The van der Waals surface area contributed by atoms with Gasteiger partial charge in [0.25, 0.3) is 5.91 Å². The minimum absolute atomic E-state index is 0.114. The molecule has 0 atom stereocenters. The summed E-state index contributed by atoms with van der Waals surface area (Å²) in [6.07, 6.45) is 1.69. The lowest BCUT2D eigenvalue weighted by atomic mass is 10.1. The molecule has 0 bridgehead atoms. The second-order valence-electron chi connectivity index (χ2n) is 4.24. The molecule has 0 aliphatic carbocycles. The first kappa shape index (κ1) is 13.7. The van der Waals surface area contributed by atoms with Crippen molar-refractivity contribution < 1.29 is 4.79 Å². The molecule has 1 N–H and O–H groups in total. The molecule has 1 amide bonds. The number of aromatic nitrogens is 2. The molecule has 98 valence electrons. The Morgan fingerprint density at radius 2 is 2.11 bits per heavy atom. The number of carbonyl (C=O) groups excluding carboxylic acids is 1. The summed E-state index contributed by atoms with van der Waals surface area (Å²) < 4.78 is 0.929. The van der Waals surface area contributed by atoms with Gasteiger partial charge in [-0.15, -0.1) is 0 Å². The molecule has 1 heterocycles. The van der Waals surface area contributed by atoms with Crippen molar-refractivity contribution in [3.05, 3.63) is 57.6 Å². The van der Waals surface area contributed by atoms with Gasteiger partial charge in [0.2, 0.25) is 0 Å². The molecule has 5 heteroatoms. The lowest BCUT2D eigenvalue weighted by molar-refractivity contribution is 0.0950. The van der Waals surface area contributed by atoms with Gasteiger partial charge >= 0.3 is 0 Å². The van der Waals surface area contributed by atoms with E-state index in [0.717, 1.165) is 15.7 Å². The highest BCUT2D eigenvalue weighted by Crippen LogP contribution is 2.17. The standard InChI is InChI=1S/C14H14BrN3O/c1-9-3-4-11(7-13(9)15)14(19)17-8-12-5-6-16-10(2)18-12/h3-7H,8H2,1-2H3,(H,17,19). The zero-order valence-corrected chi connectivity index (χ0v) is 12.4. The van der Waals surface area contributed by atoms with Crippen molar-refractivity contribution in [3.63, 3.8) is 0 Å². The molecule has 1 aromatic heterocycles. The van der Waals surface area contributed by atoms with Gasteiger partial charge in [-0.05, 0) is 37.6 Å². The van der Waals surface area contributed by atoms with Gasteiger partial charge in [-0.25, -0.2) is 9.97 Å². The lowest BCUT2D eigenvalue weighted by Crippen LogP contribution is -2.23. The molecule has 0 saturated heterocycles. The number of benzene rings is 1. The number of nitrogens with zero attached hydrogens (tertiary/aromatic N) is 2. The van der Waals surface area contributed by atoms with Crippen LogP contribution >= 0.6 is 15.9 Å². The number of rotatable bonds is 3. The molecule has 0 radical (unpaired) electrons. The predicted molar refractivity (Wildman–Crippen MR) is 76.8 cm³/mol. The summed E-state index contributed by atoms with van der Waals surface area (Å²) in [5, 5.41) is 2.84. The Morgan fingerprint density at radius 1 is 1.32 bits per heavy atom. The first-order chi connectivity index (χ1) is 9.06. The molecule has 0 unspecified atom stereocenters. The van der Waals surface area contributed by atoms with E-state index in [1.165, 1.54) is 0 Å². The number of nitrogens with one attached hydrogen (secondary N) is 1. The van der Waals surface area contributed by atoms with E-state index in [1.54, 1.807) is 18.3 Å². The smallest absolute Gasteiger partial charge is 0.251 e. The summed E-state index contributed by atoms with van der Waals surface area (Å²) in [6, 6.07) is 7.32. The van der Waals surface area contributed by atoms with Crippen molar-refractivity contribution in [3.8, 4) is 0 Å². The molecule has 0 spiro atoms. The largest absolute Gasteiger partial charge is 0.346 e. The van der Waals surface area contributed by atoms with Gasteiger partial charge in [-0.3, -0.25) is 4.79 Å². The number of hydrogen-bond donors (Lipinski definition) is 1. The Balaban J connectivity index is 2.03. The van der Waals surface area contributed by atoms with Crippen molar-refractivity contribution in [1.29, 1.82) is 0 Å². The second-order valence-corrected chi connectivity index (χ2v) is 5.10. The van der Waals surface area contributed by atoms with E-state index in [9.17, 15) is 4.79 Å². The molecule has 0 aliphatic rings. The Morgan fingerprint density at radius 3 is 2.79 bits per heavy atom. The average molecular weight is 320 g/mol. The zero-order chi connectivity index (χ0) is 13.8. The fourth-order valence-electron chi connectivity index (χ4n) is 1.61. The third kappa shape index (κ3) is 3.61. The van der Waals surface area contributed by atoms with Gasteiger partial charge in [0.05, 0.1) is 12.2 Å². The normalized spacial score (nSPS) is 10.3. The van der Waals surface area contributed by atoms with Gasteiger partial charge < -0.3 is 5.32 Å². The van der Waals surface area contributed by atoms with E-state index in [0.29, 0.717) is 17.9 Å². The molecule has 2 rings (SSSR count). The van der Waals surface area contributed by atoms with E-state index < -0.39 is 0 Å². The maximum atomic E-state index is 12.0. The van der Waals surface area contributed by atoms with E-state index in [1.807, 2.05) is 26.0 Å². The fraction of sp³-hybridized carbons (Fsp3) is 0.214. The minimum Gasteiger partial charge on any atom is -0.346 e. The Bertz CT molecular complexity index is 613. The van der Waals surface area contributed by atoms with Gasteiger partial charge in [-0.2, -0.15) is 0 Å². The van der Waals surface area contributed by atoms with Crippen LogP contribution in [0, 0.1) is 13.8 Å². The average Bonchev–Trinajstić information content (AvgIpc) is 2.39. The quantitative estimate of drug-likeness (QED) is 0.946. The molecule has 4 nitrogen and oxygen atoms in total. The van der Waals surface area contributed by atoms with Crippen LogP contribution in [0.1, 0.15) is 27.4 Å². The highest BCUT2D eigenvalue weighted by Gasteiger charge is 2.07. The Kier molecular flexibility index (Phi) is 4.27. The summed E-state index contributed by atoms with van der Waals surface area (Å²) in [7, 11) is 0. The lowest BCUT2D eigenvalue weighted by Gasteiger charge is -2.06. The van der Waals surface area contributed by atoms with Crippen LogP contribution in [0.4, 0.5) is 0 Å². The van der Waals surface area contributed by atoms with Crippen LogP contribution in [0.3, 0.4) is 0 Å². The third-order valence-corrected chi connectivity index (χ3v) is 3.55. The van der Waals surface area contributed by atoms with Crippen LogP contribution < -0.4 is 5.32 Å². The van der Waals surface area contributed by atoms with Crippen LogP contribution in [0.25, 0.3) is 0 Å². The van der Waals surface area contributed by atoms with Crippen LogP contribution in [0.2, 0.25) is 0 Å². The summed E-state index contributed by atoms with van der Waals surface area (Å²) in [6.45, 7) is 4.20. The summed E-state index contributed by atoms with van der Waals surface area (Å²) >= 11 is 3.42. The van der Waals surface area contributed by atoms with Crippen LogP contribution in [0.15, 0.2) is 34.9 Å². The molecule has 2 aromatic rings. The van der Waals surface area contributed by atoms with Crippen molar-refractivity contribution in [2.24, 2.45) is 0 Å². The third-order valence-electron chi connectivity index (χ3n) is 2.70. The topological polar surface area (TPSA) is 54.9 Å². The second kappa shape index (κ2) is 5.93. The molecule has 0 aliphatic heterocycles. The van der Waals surface area contributed by atoms with Crippen LogP contribution in [-0.4, -0.2) is 15.9 Å². The molecular weight excluding hydrogens is 306 g/mol. The number of amides is 1. The van der Waals surface area contributed by atoms with E-state index in [-0.39, 0.29) is 5.91 Å². The molecule has 1 aromatic carbocycles. The fourth-order valence-corrected chi connectivity index (χ4v) is 1.99. The van der Waals surface area contributed by atoms with Crippen molar-refractivity contribution >= 4 is 21.8 Å². The van der Waals surface area contributed by atoms with Crippen molar-refractivity contribution in [2.75, 3.05) is 0 Å². The predicted octanol–water partition coefficient (Wildman–Crippen LogP) is 2.79. The van der Waals surface area contributed by atoms with Crippen LogP contribution in [-0.2, 0) is 6.54 Å². The SMILES string of the molecule is Cc1nccc(CNC(=O)c2ccc(C)c(Br)c2)n1. The van der Waals surface area contributed by atoms with E-state index >= 15 is 0 Å². The van der Waals surface area contributed by atoms with Gasteiger partial charge in [0, 0.05) is 16.2 Å². The van der Waals surface area contributed by atoms with E-state index in [2.05, 4.69) is 31.2 Å². The highest BCUT2D eigenvalue weighted by atomic mass is 79.9. The summed E-state index contributed by atoms with van der Waals surface area (Å²) in [5.41, 5.74) is 2.53. The Labute approximate surface area is 120 Å². The van der Waals surface area contributed by atoms with Gasteiger partial charge in [0.15, 0.2) is 0 Å². The zero-order valence-electron chi connectivity index (χ0n) is 10.8. The molecule has 0 saturated carbocycles. The van der Waals surface area contributed by atoms with Gasteiger partial charge in [0.1, 0.15) is 5.82 Å². The van der Waals surface area contributed by atoms with Crippen molar-refractivity contribution in [1.82, 2.24) is 15.3 Å².